The lowest BCUT2D eigenvalue weighted by Gasteiger charge is -2.16. The second-order valence-corrected chi connectivity index (χ2v) is 17.9. The van der Waals surface area contributed by atoms with Crippen molar-refractivity contribution in [3.05, 3.63) is 129 Å². The summed E-state index contributed by atoms with van der Waals surface area (Å²) >= 11 is 2.14. The van der Waals surface area contributed by atoms with Gasteiger partial charge in [-0.15, -0.1) is 0 Å². The molecule has 0 aliphatic carbocycles. The average molecular weight is 863 g/mol. The van der Waals surface area contributed by atoms with Crippen molar-refractivity contribution >= 4 is 77.2 Å². The highest BCUT2D eigenvalue weighted by Gasteiger charge is 2.18. The molecule has 16 nitrogen and oxygen atoms in total. The molecule has 0 fully saturated rings. The van der Waals surface area contributed by atoms with Crippen LogP contribution in [0.15, 0.2) is 127 Å². The molecule has 0 spiro atoms. The van der Waals surface area contributed by atoms with Crippen molar-refractivity contribution in [3.63, 3.8) is 0 Å². The number of nitrogens with zero attached hydrogens (tertiary/aromatic N) is 4. The Hall–Kier alpha value is -5.38. The van der Waals surface area contributed by atoms with Crippen LogP contribution in [0.3, 0.4) is 0 Å². The van der Waals surface area contributed by atoms with E-state index in [0.29, 0.717) is 34.6 Å². The zero-order valence-electron chi connectivity index (χ0n) is 30.7. The van der Waals surface area contributed by atoms with Crippen LogP contribution in [0.1, 0.15) is 11.1 Å². The Morgan fingerprint density at radius 2 is 0.931 bits per heavy atom. The van der Waals surface area contributed by atoms with Gasteiger partial charge >= 0.3 is 0 Å². The highest BCUT2D eigenvalue weighted by atomic mass is 32.2. The Balaban J connectivity index is 1.14. The molecule has 0 atom stereocenters. The summed E-state index contributed by atoms with van der Waals surface area (Å²) in [6.07, 6.45) is 0.882. The number of carbonyl (C=O) groups excluding carboxylic acids is 2. The highest BCUT2D eigenvalue weighted by molar-refractivity contribution is 8.00. The first-order valence-electron chi connectivity index (χ1n) is 17.7. The lowest BCUT2D eigenvalue weighted by atomic mass is 10.1. The molecule has 0 radical (unpaired) electrons. The zero-order valence-corrected chi connectivity index (χ0v) is 34.0. The van der Waals surface area contributed by atoms with Gasteiger partial charge in [-0.1, -0.05) is 72.1 Å². The molecule has 0 aliphatic rings. The molecular weight excluding hydrogens is 825 g/mol. The molecule has 302 valence electrons. The SMILES string of the molecule is NS(=O)(=O)c1ccc(CCNC(=O)CSc2nc3ccccc3c(=O)n2CCn2c(SCC(=O)NCCc3ccc(S(N)(=O)=O)cc3)nc3ccccc3c2=O)cc1. The standard InChI is InChI=1S/C38H38N8O8S4/c39-57(51,52)27-13-9-25(10-14-27)17-19-41-33(47)23-55-37-43-31-7-3-1-5-29(31)35(49)45(37)21-22-46-36(50)30-6-2-4-8-32(30)44-38(46)56-24-34(48)42-20-18-26-11-15-28(16-12-26)58(40,53)54/h1-16H,17-24H2,(H,41,47)(H,42,48)(H2,39,51,52)(H2,40,53,54). The maximum atomic E-state index is 13.9. The molecule has 20 heteroatoms. The fraction of sp³-hybridized carbons (Fsp3) is 0.211. The summed E-state index contributed by atoms with van der Waals surface area (Å²) in [5.74, 6) is -0.757. The van der Waals surface area contributed by atoms with E-state index >= 15 is 0 Å². The Morgan fingerprint density at radius 1 is 0.569 bits per heavy atom. The molecule has 2 amide bonds. The van der Waals surface area contributed by atoms with E-state index in [9.17, 15) is 36.0 Å². The summed E-state index contributed by atoms with van der Waals surface area (Å²) in [6.45, 7) is 0.553. The fourth-order valence-electron chi connectivity index (χ4n) is 5.86. The molecule has 2 aromatic heterocycles. The summed E-state index contributed by atoms with van der Waals surface area (Å²) in [4.78, 5) is 62.9. The Labute approximate surface area is 341 Å². The predicted molar refractivity (Wildman–Crippen MR) is 223 cm³/mol. The molecule has 2 heterocycles. The van der Waals surface area contributed by atoms with Crippen molar-refractivity contribution in [3.8, 4) is 0 Å². The van der Waals surface area contributed by atoms with Crippen LogP contribution in [0, 0.1) is 0 Å². The number of fused-ring (bicyclic) bond motifs is 2. The number of nitrogens with two attached hydrogens (primary N) is 2. The Morgan fingerprint density at radius 3 is 1.29 bits per heavy atom. The van der Waals surface area contributed by atoms with Gasteiger partial charge in [0.05, 0.1) is 43.1 Å². The van der Waals surface area contributed by atoms with Crippen molar-refractivity contribution in [2.75, 3.05) is 24.6 Å². The molecule has 6 rings (SSSR count). The fourth-order valence-corrected chi connectivity index (χ4v) is 8.60. The smallest absolute Gasteiger partial charge is 0.262 e. The lowest BCUT2D eigenvalue weighted by molar-refractivity contribution is -0.119. The molecule has 0 aliphatic heterocycles. The van der Waals surface area contributed by atoms with Crippen LogP contribution in [0.25, 0.3) is 21.8 Å². The number of hydrogen-bond donors (Lipinski definition) is 4. The quantitative estimate of drug-likeness (QED) is 0.0760. The summed E-state index contributed by atoms with van der Waals surface area (Å²) in [5.41, 5.74) is 1.78. The third kappa shape index (κ3) is 10.8. The number of amides is 2. The van der Waals surface area contributed by atoms with Crippen molar-refractivity contribution < 1.29 is 26.4 Å². The van der Waals surface area contributed by atoms with E-state index in [4.69, 9.17) is 10.3 Å². The van der Waals surface area contributed by atoms with Gasteiger partial charge < -0.3 is 10.6 Å². The molecule has 4 aromatic carbocycles. The number of hydrogen-bond acceptors (Lipinski definition) is 12. The van der Waals surface area contributed by atoms with E-state index in [1.807, 2.05) is 0 Å². The number of primary sulfonamides is 2. The van der Waals surface area contributed by atoms with Crippen molar-refractivity contribution in [2.45, 2.75) is 46.0 Å². The average Bonchev–Trinajstić information content (AvgIpc) is 3.19. The van der Waals surface area contributed by atoms with Gasteiger partial charge in [0.2, 0.25) is 31.9 Å². The summed E-state index contributed by atoms with van der Waals surface area (Å²) < 4.78 is 49.0. The van der Waals surface area contributed by atoms with E-state index in [0.717, 1.165) is 34.7 Å². The number of nitrogens with one attached hydrogen (secondary N) is 2. The first-order valence-corrected chi connectivity index (χ1v) is 22.8. The first kappa shape index (κ1) is 42.2. The number of sulfonamides is 2. The zero-order chi connectivity index (χ0) is 41.5. The van der Waals surface area contributed by atoms with Crippen LogP contribution in [-0.4, -0.2) is 72.3 Å². The minimum atomic E-state index is -3.81. The lowest BCUT2D eigenvalue weighted by Crippen LogP contribution is -2.31. The van der Waals surface area contributed by atoms with Crippen molar-refractivity contribution in [2.24, 2.45) is 10.3 Å². The highest BCUT2D eigenvalue weighted by Crippen LogP contribution is 2.21. The van der Waals surface area contributed by atoms with Crippen LogP contribution < -0.4 is 32.0 Å². The minimum Gasteiger partial charge on any atom is -0.355 e. The summed E-state index contributed by atoms with van der Waals surface area (Å²) in [5, 5.41) is 17.2. The Bertz CT molecular complexity index is 2640. The van der Waals surface area contributed by atoms with E-state index in [-0.39, 0.29) is 80.7 Å². The molecule has 6 N–H and O–H groups in total. The molecule has 6 aromatic rings. The van der Waals surface area contributed by atoms with Crippen LogP contribution in [0.4, 0.5) is 0 Å². The monoisotopic (exact) mass is 862 g/mol. The van der Waals surface area contributed by atoms with Gasteiger partial charge in [-0.25, -0.2) is 37.1 Å². The number of benzene rings is 4. The van der Waals surface area contributed by atoms with Crippen LogP contribution in [-0.2, 0) is 55.6 Å². The second kappa shape index (κ2) is 18.5. The van der Waals surface area contributed by atoms with Gasteiger partial charge in [0.1, 0.15) is 0 Å². The van der Waals surface area contributed by atoms with Gasteiger partial charge in [0, 0.05) is 26.2 Å². The van der Waals surface area contributed by atoms with Crippen molar-refractivity contribution in [1.82, 2.24) is 29.7 Å². The largest absolute Gasteiger partial charge is 0.355 e. The summed E-state index contributed by atoms with van der Waals surface area (Å²) in [7, 11) is -7.63. The molecule has 0 saturated heterocycles. The van der Waals surface area contributed by atoms with Gasteiger partial charge in [-0.2, -0.15) is 0 Å². The maximum Gasteiger partial charge on any atom is 0.262 e. The van der Waals surface area contributed by atoms with Crippen LogP contribution in [0.2, 0.25) is 0 Å². The Kier molecular flexibility index (Phi) is 13.5. The number of carbonyl (C=O) groups is 2. The maximum absolute atomic E-state index is 13.9. The van der Waals surface area contributed by atoms with Gasteiger partial charge in [0.15, 0.2) is 10.3 Å². The minimum absolute atomic E-state index is 0.000927. The van der Waals surface area contributed by atoms with E-state index < -0.39 is 20.0 Å². The third-order valence-corrected chi connectivity index (χ3v) is 12.7. The summed E-state index contributed by atoms with van der Waals surface area (Å²) in [6, 6.07) is 25.8. The van der Waals surface area contributed by atoms with E-state index in [1.165, 1.54) is 33.4 Å². The number of para-hydroxylation sites is 2. The predicted octanol–water partition coefficient (Wildman–Crippen LogP) is 2.00. The van der Waals surface area contributed by atoms with Crippen LogP contribution in [0.5, 0.6) is 0 Å². The van der Waals surface area contributed by atoms with Gasteiger partial charge in [-0.3, -0.25) is 28.3 Å². The first-order chi connectivity index (χ1) is 27.7. The molecule has 0 unspecified atom stereocenters. The molecular formula is C38H38N8O8S4. The number of aromatic nitrogens is 4. The molecule has 58 heavy (non-hydrogen) atoms. The third-order valence-electron chi connectivity index (χ3n) is 8.84. The van der Waals surface area contributed by atoms with Gasteiger partial charge in [-0.05, 0) is 72.5 Å². The van der Waals surface area contributed by atoms with E-state index in [2.05, 4.69) is 20.6 Å². The van der Waals surface area contributed by atoms with E-state index in [1.54, 1.807) is 72.8 Å². The number of rotatable bonds is 17. The van der Waals surface area contributed by atoms with Gasteiger partial charge in [0.25, 0.3) is 11.1 Å². The second-order valence-electron chi connectivity index (χ2n) is 12.9. The normalized spacial score (nSPS) is 11.8. The molecule has 0 saturated carbocycles. The van der Waals surface area contributed by atoms with Crippen molar-refractivity contribution in [1.29, 1.82) is 0 Å². The molecule has 0 bridgehead atoms. The van der Waals surface area contributed by atoms with Crippen LogP contribution >= 0.6 is 23.5 Å². The number of thioether (sulfide) groups is 2. The topological polar surface area (TPSA) is 248 Å².